The predicted molar refractivity (Wildman–Crippen MR) is 206 cm³/mol. The molecule has 1 aromatic heterocycles. The molecule has 360 valence electrons. The number of halogens is 20. The second-order valence-electron chi connectivity index (χ2n) is 15.1. The van der Waals surface area contributed by atoms with Crippen LogP contribution in [0.3, 0.4) is 0 Å². The molecule has 0 radical (unpaired) electrons. The van der Waals surface area contributed by atoms with E-state index in [9.17, 15) is 57.5 Å². The second-order valence-corrected chi connectivity index (χ2v) is 15.1. The Hall–Kier alpha value is -7.20. The van der Waals surface area contributed by atoms with Crippen molar-refractivity contribution in [1.82, 2.24) is 0 Å². The van der Waals surface area contributed by atoms with Gasteiger partial charge in [0.25, 0.3) is 0 Å². The van der Waals surface area contributed by atoms with Gasteiger partial charge in [-0.1, -0.05) is 68.4 Å². The van der Waals surface area contributed by atoms with Crippen LogP contribution in [0.15, 0.2) is 79.1 Å². The quantitative estimate of drug-likeness (QED) is 0.0353. The molecule has 7 rings (SSSR count). The lowest BCUT2D eigenvalue weighted by atomic mass is 9.12. The Morgan fingerprint density at radius 1 is 0.377 bits per heavy atom. The number of aromatic nitrogens is 1. The molecule has 0 aliphatic carbocycles. The van der Waals surface area contributed by atoms with Crippen LogP contribution in [0, 0.1) is 116 Å². The van der Waals surface area contributed by atoms with Crippen LogP contribution >= 0.6 is 0 Å². The zero-order valence-corrected chi connectivity index (χ0v) is 34.3. The summed E-state index contributed by atoms with van der Waals surface area (Å²) in [6.45, 7) is 4.75. The topological polar surface area (TPSA) is 20.9 Å². The number of carbonyl (C=O) groups is 1. The molecule has 69 heavy (non-hydrogen) atoms. The first-order valence-electron chi connectivity index (χ1n) is 19.2. The third-order valence-electron chi connectivity index (χ3n) is 10.9. The summed E-state index contributed by atoms with van der Waals surface area (Å²) in [7, 11) is 0. The highest BCUT2D eigenvalue weighted by atomic mass is 19.2. The summed E-state index contributed by atoms with van der Waals surface area (Å²) in [4.78, 5) is 12.2. The number of benzene rings is 6. The standard InChI is InChI=1S/C24BF20.C22H22NO/c26-5-1(6(27)14(35)21(42)13(5)34)25(2-7(28)15(36)22(43)16(37)8(2)29,3-9(30)17(38)23(44)18(39)10(3)31)4-11(32)19(40)24(45)20(41)12(4)33;1-17(2)18-8-10-19(11-9-18)20-12-14-23(15-13-20)16-22(24)21-6-4-3-5-7-21/h;3-15,17H,16H2,1-2H3/q-1;+1. The first-order valence-corrected chi connectivity index (χ1v) is 19.2. The summed E-state index contributed by atoms with van der Waals surface area (Å²) in [5.74, 6) is -70.7. The Morgan fingerprint density at radius 2 is 0.638 bits per heavy atom. The van der Waals surface area contributed by atoms with Crippen LogP contribution in [0.4, 0.5) is 87.8 Å². The number of hydrogen-bond donors (Lipinski definition) is 0. The average molecular weight is 995 g/mol. The zero-order valence-electron chi connectivity index (χ0n) is 34.3. The van der Waals surface area contributed by atoms with Crippen molar-refractivity contribution in [2.45, 2.75) is 26.3 Å². The van der Waals surface area contributed by atoms with Crippen LogP contribution < -0.4 is 26.4 Å². The number of Topliss-reactive ketones (excluding diaryl/α,β-unsaturated/α-hetero) is 1. The van der Waals surface area contributed by atoms with Crippen LogP contribution in [-0.4, -0.2) is 11.9 Å². The predicted octanol–water partition coefficient (Wildman–Crippen LogP) is 10.5. The van der Waals surface area contributed by atoms with Gasteiger partial charge in [-0.25, -0.2) is 87.8 Å². The maximum atomic E-state index is 15.4. The van der Waals surface area contributed by atoms with Gasteiger partial charge in [0.2, 0.25) is 12.3 Å². The van der Waals surface area contributed by atoms with Crippen LogP contribution in [-0.2, 0) is 6.54 Å². The van der Waals surface area contributed by atoms with Gasteiger partial charge in [-0.05, 0) is 22.6 Å². The van der Waals surface area contributed by atoms with Crippen molar-refractivity contribution in [3.63, 3.8) is 0 Å². The lowest BCUT2D eigenvalue weighted by Gasteiger charge is -2.44. The molecule has 23 heteroatoms. The Labute approximate surface area is 374 Å². The monoisotopic (exact) mass is 995 g/mol. The highest BCUT2D eigenvalue weighted by molar-refractivity contribution is 7.20. The molecule has 0 bridgehead atoms. The van der Waals surface area contributed by atoms with E-state index in [1.54, 1.807) is 0 Å². The maximum absolute atomic E-state index is 15.4. The van der Waals surface area contributed by atoms with Crippen molar-refractivity contribution >= 4 is 33.8 Å². The van der Waals surface area contributed by atoms with Gasteiger partial charge >= 0.3 is 0 Å². The third kappa shape index (κ3) is 8.55. The van der Waals surface area contributed by atoms with E-state index in [-0.39, 0.29) is 5.78 Å². The van der Waals surface area contributed by atoms with Gasteiger partial charge in [0.15, 0.2) is 82.2 Å². The summed E-state index contributed by atoms with van der Waals surface area (Å²) >= 11 is 0. The third-order valence-corrected chi connectivity index (χ3v) is 10.9. The molecular formula is C46H22BF20NO. The fourth-order valence-electron chi connectivity index (χ4n) is 7.57. The summed E-state index contributed by atoms with van der Waals surface area (Å²) < 4.78 is 296. The van der Waals surface area contributed by atoms with E-state index < -0.39 is 144 Å². The minimum Gasteiger partial charge on any atom is -0.287 e. The second kappa shape index (κ2) is 19.4. The van der Waals surface area contributed by atoms with Crippen LogP contribution in [0.2, 0.25) is 0 Å². The molecule has 0 saturated heterocycles. The van der Waals surface area contributed by atoms with E-state index in [1.165, 1.54) is 11.1 Å². The van der Waals surface area contributed by atoms with Gasteiger partial charge in [0, 0.05) is 17.7 Å². The van der Waals surface area contributed by atoms with E-state index in [4.69, 9.17) is 0 Å². The van der Waals surface area contributed by atoms with E-state index in [1.807, 2.05) is 47.3 Å². The first-order chi connectivity index (χ1) is 32.3. The molecule has 0 spiro atoms. The summed E-state index contributed by atoms with van der Waals surface area (Å²) in [5.41, 5.74) is -9.88. The fourth-order valence-corrected chi connectivity index (χ4v) is 7.57. The first kappa shape index (κ1) is 51.2. The highest BCUT2D eigenvalue weighted by Crippen LogP contribution is 2.31. The molecule has 2 nitrogen and oxygen atoms in total. The molecule has 0 atom stereocenters. The van der Waals surface area contributed by atoms with E-state index in [2.05, 4.69) is 50.2 Å². The van der Waals surface area contributed by atoms with Crippen LogP contribution in [0.1, 0.15) is 35.7 Å². The van der Waals surface area contributed by atoms with Crippen molar-refractivity contribution in [1.29, 1.82) is 0 Å². The smallest absolute Gasteiger partial charge is 0.227 e. The molecule has 0 unspecified atom stereocenters. The van der Waals surface area contributed by atoms with E-state index in [0.717, 1.165) is 11.1 Å². The molecule has 0 aliphatic rings. The average Bonchev–Trinajstić information content (AvgIpc) is 3.34. The molecule has 6 aromatic carbocycles. The summed E-state index contributed by atoms with van der Waals surface area (Å²) in [6.07, 6.45) is -3.29. The normalized spacial score (nSPS) is 11.6. The van der Waals surface area contributed by atoms with Gasteiger partial charge in [0.05, 0.1) is 0 Å². The van der Waals surface area contributed by atoms with Gasteiger partial charge in [-0.2, -0.15) is 4.57 Å². The van der Waals surface area contributed by atoms with Crippen molar-refractivity contribution in [2.24, 2.45) is 0 Å². The number of carbonyl (C=O) groups excluding carboxylic acids is 1. The molecular weight excluding hydrogens is 973 g/mol. The maximum Gasteiger partial charge on any atom is 0.227 e. The van der Waals surface area contributed by atoms with Gasteiger partial charge in [-0.3, -0.25) is 4.79 Å². The van der Waals surface area contributed by atoms with Crippen molar-refractivity contribution in [2.75, 3.05) is 0 Å². The van der Waals surface area contributed by atoms with Gasteiger partial charge in [0.1, 0.15) is 52.7 Å². The SMILES string of the molecule is CC(C)c1ccc(-c2cc[n+](CC(=O)c3ccccc3)cc2)cc1.Fc1c(F)c(F)c([B-](c2c(F)c(F)c(F)c(F)c2F)(c2c(F)c(F)c(F)c(F)c2F)c2c(F)c(F)c(F)c(F)c2F)c(F)c1F. The largest absolute Gasteiger partial charge is 0.287 e. The molecule has 0 aliphatic heterocycles. The van der Waals surface area contributed by atoms with Gasteiger partial charge in [-0.15, -0.1) is 21.9 Å². The van der Waals surface area contributed by atoms with E-state index in [0.29, 0.717) is 12.5 Å². The Bertz CT molecular complexity index is 2780. The van der Waals surface area contributed by atoms with Crippen molar-refractivity contribution in [3.8, 4) is 11.1 Å². The molecule has 0 N–H and O–H groups in total. The number of rotatable bonds is 9. The molecule has 1 heterocycles. The lowest BCUT2D eigenvalue weighted by molar-refractivity contribution is -0.683. The van der Waals surface area contributed by atoms with E-state index >= 15 is 35.1 Å². The number of hydrogen-bond acceptors (Lipinski definition) is 1. The Morgan fingerprint density at radius 3 is 0.913 bits per heavy atom. The Kier molecular flexibility index (Phi) is 14.4. The minimum absolute atomic E-state index is 0.120. The summed E-state index contributed by atoms with van der Waals surface area (Å²) in [6, 6.07) is 22.2. The fraction of sp³-hybridized carbons (Fsp3) is 0.0870. The summed E-state index contributed by atoms with van der Waals surface area (Å²) in [5, 5.41) is 0. The van der Waals surface area contributed by atoms with Crippen LogP contribution in [0.5, 0.6) is 0 Å². The molecule has 7 aromatic rings. The molecule has 0 amide bonds. The minimum atomic E-state index is -7.22. The van der Waals surface area contributed by atoms with Crippen molar-refractivity contribution < 1.29 is 97.2 Å². The highest BCUT2D eigenvalue weighted by Gasteiger charge is 2.52. The molecule has 0 fully saturated rings. The molecule has 0 saturated carbocycles. The number of pyridine rings is 1. The lowest BCUT2D eigenvalue weighted by Crippen LogP contribution is -2.81. The zero-order chi connectivity index (χ0) is 51.3. The van der Waals surface area contributed by atoms with Crippen molar-refractivity contribution in [3.05, 3.63) is 207 Å². The number of nitrogens with zero attached hydrogens (tertiary/aromatic N) is 1. The number of ketones is 1. The Balaban J connectivity index is 0.000000273. The van der Waals surface area contributed by atoms with Gasteiger partial charge < -0.3 is 0 Å². The van der Waals surface area contributed by atoms with Crippen LogP contribution in [0.25, 0.3) is 11.1 Å².